The van der Waals surface area contributed by atoms with Crippen molar-refractivity contribution in [2.24, 2.45) is 11.8 Å². The second-order valence-corrected chi connectivity index (χ2v) is 5.90. The average Bonchev–Trinajstić information content (AvgIpc) is 2.24. The summed E-state index contributed by atoms with van der Waals surface area (Å²) in [4.78, 5) is 0. The molecule has 2 rings (SSSR count). The first kappa shape index (κ1) is 9.21. The molecular formula is C9H14O3S. The standard InChI is InChI=1S/C9H14O3S/c1-5-4-8-6(2)9(5)12-13(10,11)7(8)3/h4-7,9H,1-3H3. The van der Waals surface area contributed by atoms with Crippen LogP contribution in [0.25, 0.3) is 0 Å². The molecule has 2 aliphatic rings. The molecule has 0 spiro atoms. The van der Waals surface area contributed by atoms with Gasteiger partial charge in [-0.2, -0.15) is 8.42 Å². The largest absolute Gasteiger partial charge is 0.274 e. The SMILES string of the molecule is CC1C=C2C(C)C1OS(=O)(=O)C2C. The fourth-order valence-electron chi connectivity index (χ4n) is 2.28. The minimum atomic E-state index is -3.33. The molecule has 4 atom stereocenters. The van der Waals surface area contributed by atoms with Gasteiger partial charge < -0.3 is 0 Å². The number of fused-ring (bicyclic) bond motifs is 2. The van der Waals surface area contributed by atoms with Crippen molar-refractivity contribution in [2.45, 2.75) is 32.1 Å². The average molecular weight is 202 g/mol. The van der Waals surface area contributed by atoms with E-state index in [1.807, 2.05) is 19.9 Å². The second-order valence-electron chi connectivity index (χ2n) is 4.01. The topological polar surface area (TPSA) is 43.4 Å². The van der Waals surface area contributed by atoms with Gasteiger partial charge in [0.15, 0.2) is 0 Å². The molecule has 0 aromatic heterocycles. The Morgan fingerprint density at radius 3 is 2.54 bits per heavy atom. The molecule has 13 heavy (non-hydrogen) atoms. The molecule has 1 aliphatic carbocycles. The van der Waals surface area contributed by atoms with Crippen molar-refractivity contribution in [1.82, 2.24) is 0 Å². The Morgan fingerprint density at radius 1 is 1.31 bits per heavy atom. The van der Waals surface area contributed by atoms with E-state index in [0.717, 1.165) is 5.57 Å². The molecule has 0 saturated carbocycles. The lowest BCUT2D eigenvalue weighted by atomic mass is 9.97. The van der Waals surface area contributed by atoms with Crippen LogP contribution in [0.1, 0.15) is 20.8 Å². The Labute approximate surface area is 78.9 Å². The molecule has 4 heteroatoms. The van der Waals surface area contributed by atoms with E-state index in [1.54, 1.807) is 6.92 Å². The smallest absolute Gasteiger partial charge is 0.265 e. The van der Waals surface area contributed by atoms with Crippen molar-refractivity contribution in [3.05, 3.63) is 11.6 Å². The van der Waals surface area contributed by atoms with Gasteiger partial charge in [-0.3, -0.25) is 4.18 Å². The van der Waals surface area contributed by atoms with Crippen LogP contribution in [0.5, 0.6) is 0 Å². The van der Waals surface area contributed by atoms with Gasteiger partial charge in [-0.1, -0.05) is 19.9 Å². The highest BCUT2D eigenvalue weighted by Gasteiger charge is 2.46. The van der Waals surface area contributed by atoms with E-state index in [9.17, 15) is 8.42 Å². The predicted molar refractivity (Wildman–Crippen MR) is 49.7 cm³/mol. The van der Waals surface area contributed by atoms with Crippen LogP contribution in [-0.2, 0) is 14.3 Å². The molecule has 0 N–H and O–H groups in total. The van der Waals surface area contributed by atoms with Gasteiger partial charge in [0.1, 0.15) is 5.25 Å². The van der Waals surface area contributed by atoms with E-state index in [0.29, 0.717) is 0 Å². The summed E-state index contributed by atoms with van der Waals surface area (Å²) >= 11 is 0. The van der Waals surface area contributed by atoms with Crippen molar-refractivity contribution in [2.75, 3.05) is 0 Å². The lowest BCUT2D eigenvalue weighted by Gasteiger charge is -2.30. The molecular weight excluding hydrogens is 188 g/mol. The van der Waals surface area contributed by atoms with Gasteiger partial charge >= 0.3 is 0 Å². The van der Waals surface area contributed by atoms with Crippen LogP contribution in [-0.4, -0.2) is 19.8 Å². The van der Waals surface area contributed by atoms with Crippen molar-refractivity contribution in [3.63, 3.8) is 0 Å². The summed E-state index contributed by atoms with van der Waals surface area (Å²) in [6, 6.07) is 0. The lowest BCUT2D eigenvalue weighted by Crippen LogP contribution is -2.38. The van der Waals surface area contributed by atoms with Crippen molar-refractivity contribution in [1.29, 1.82) is 0 Å². The highest BCUT2D eigenvalue weighted by molar-refractivity contribution is 7.87. The Bertz CT molecular complexity index is 355. The quantitative estimate of drug-likeness (QED) is 0.439. The van der Waals surface area contributed by atoms with Crippen molar-refractivity contribution < 1.29 is 12.6 Å². The first-order valence-corrected chi connectivity index (χ1v) is 6.04. The predicted octanol–water partition coefficient (Wildman–Crippen LogP) is 1.32. The molecule has 0 aromatic carbocycles. The van der Waals surface area contributed by atoms with Crippen LogP contribution in [0.4, 0.5) is 0 Å². The zero-order chi connectivity index (χ0) is 9.80. The molecule has 1 aliphatic heterocycles. The van der Waals surface area contributed by atoms with E-state index >= 15 is 0 Å². The van der Waals surface area contributed by atoms with Crippen LogP contribution in [0, 0.1) is 11.8 Å². The van der Waals surface area contributed by atoms with Crippen LogP contribution in [0.3, 0.4) is 0 Å². The highest BCUT2D eigenvalue weighted by atomic mass is 32.2. The van der Waals surface area contributed by atoms with Crippen LogP contribution in [0.15, 0.2) is 11.6 Å². The van der Waals surface area contributed by atoms with E-state index in [-0.39, 0.29) is 17.9 Å². The van der Waals surface area contributed by atoms with Gasteiger partial charge in [0, 0.05) is 11.8 Å². The van der Waals surface area contributed by atoms with Crippen LogP contribution < -0.4 is 0 Å². The number of rotatable bonds is 0. The molecule has 0 amide bonds. The molecule has 0 aromatic rings. The maximum absolute atomic E-state index is 11.5. The third-order valence-electron chi connectivity index (χ3n) is 3.14. The fourth-order valence-corrected chi connectivity index (χ4v) is 3.72. The third kappa shape index (κ3) is 1.15. The first-order valence-electron chi connectivity index (χ1n) is 4.57. The molecule has 1 fully saturated rings. The molecule has 3 nitrogen and oxygen atoms in total. The second kappa shape index (κ2) is 2.58. The maximum Gasteiger partial charge on any atom is 0.274 e. The normalized spacial score (nSPS) is 47.5. The fraction of sp³-hybridized carbons (Fsp3) is 0.778. The minimum absolute atomic E-state index is 0.156. The summed E-state index contributed by atoms with van der Waals surface area (Å²) in [5.74, 6) is 0.484. The van der Waals surface area contributed by atoms with Crippen LogP contribution in [0.2, 0.25) is 0 Å². The number of hydrogen-bond donors (Lipinski definition) is 0. The van der Waals surface area contributed by atoms with Gasteiger partial charge in [0.25, 0.3) is 10.1 Å². The Hall–Kier alpha value is -0.350. The van der Waals surface area contributed by atoms with Gasteiger partial charge in [0.2, 0.25) is 0 Å². The first-order chi connectivity index (χ1) is 5.93. The molecule has 4 unspecified atom stereocenters. The molecule has 2 bridgehead atoms. The summed E-state index contributed by atoms with van der Waals surface area (Å²) in [6.07, 6.45) is 1.89. The van der Waals surface area contributed by atoms with Gasteiger partial charge in [0.05, 0.1) is 6.10 Å². The lowest BCUT2D eigenvalue weighted by molar-refractivity contribution is 0.133. The number of hydrogen-bond acceptors (Lipinski definition) is 3. The maximum atomic E-state index is 11.5. The van der Waals surface area contributed by atoms with Gasteiger partial charge in [-0.05, 0) is 12.5 Å². The molecule has 1 heterocycles. The van der Waals surface area contributed by atoms with Crippen molar-refractivity contribution in [3.8, 4) is 0 Å². The molecule has 1 saturated heterocycles. The summed E-state index contributed by atoms with van der Waals surface area (Å²) in [6.45, 7) is 5.73. The Morgan fingerprint density at radius 2 is 1.92 bits per heavy atom. The summed E-state index contributed by atoms with van der Waals surface area (Å²) < 4.78 is 28.1. The molecule has 74 valence electrons. The van der Waals surface area contributed by atoms with E-state index in [4.69, 9.17) is 4.18 Å². The molecule has 0 radical (unpaired) electrons. The van der Waals surface area contributed by atoms with E-state index < -0.39 is 15.4 Å². The van der Waals surface area contributed by atoms with Gasteiger partial charge in [-0.15, -0.1) is 0 Å². The summed E-state index contributed by atoms with van der Waals surface area (Å²) in [5.41, 5.74) is 1.03. The van der Waals surface area contributed by atoms with Crippen LogP contribution >= 0.6 is 0 Å². The Balaban J connectivity index is 2.47. The third-order valence-corrected chi connectivity index (χ3v) is 4.77. The minimum Gasteiger partial charge on any atom is -0.265 e. The Kier molecular flexibility index (Phi) is 1.83. The van der Waals surface area contributed by atoms with Crippen molar-refractivity contribution >= 4 is 10.1 Å². The zero-order valence-electron chi connectivity index (χ0n) is 8.02. The van der Waals surface area contributed by atoms with E-state index in [1.165, 1.54) is 0 Å². The van der Waals surface area contributed by atoms with Gasteiger partial charge in [-0.25, -0.2) is 0 Å². The monoisotopic (exact) mass is 202 g/mol. The summed E-state index contributed by atoms with van der Waals surface area (Å²) in [5, 5.41) is -0.455. The highest BCUT2D eigenvalue weighted by Crippen LogP contribution is 2.42. The van der Waals surface area contributed by atoms with E-state index in [2.05, 4.69) is 0 Å². The zero-order valence-corrected chi connectivity index (χ0v) is 8.84. The summed E-state index contributed by atoms with van der Waals surface area (Å²) in [7, 11) is -3.33.